The molecule has 1 amide bonds. The van der Waals surface area contributed by atoms with Crippen LogP contribution in [0.5, 0.6) is 0 Å². The molecule has 0 bridgehead atoms. The van der Waals surface area contributed by atoms with Gasteiger partial charge < -0.3 is 11.1 Å². The number of nitrogen functional groups attached to an aromatic ring is 1. The van der Waals surface area contributed by atoms with Gasteiger partial charge >= 0.3 is 0 Å². The molecule has 0 saturated heterocycles. The van der Waals surface area contributed by atoms with Gasteiger partial charge in [0.25, 0.3) is 5.91 Å². The molecule has 0 heterocycles. The zero-order valence-electron chi connectivity index (χ0n) is 12.4. The van der Waals surface area contributed by atoms with E-state index in [0.717, 1.165) is 10.0 Å². The molecule has 0 atom stereocenters. The fourth-order valence-corrected chi connectivity index (χ4v) is 2.73. The van der Waals surface area contributed by atoms with Crippen LogP contribution in [0, 0.1) is 6.92 Å². The Hall–Kier alpha value is -1.81. The monoisotopic (exact) mass is 346 g/mol. The third-order valence-electron chi connectivity index (χ3n) is 3.41. The average molecular weight is 347 g/mol. The molecule has 0 fully saturated rings. The molecule has 2 rings (SSSR count). The van der Waals surface area contributed by atoms with Crippen molar-refractivity contribution in [3.8, 4) is 0 Å². The number of aryl methyl sites for hydroxylation is 1. The predicted molar refractivity (Wildman–Crippen MR) is 91.8 cm³/mol. The lowest BCUT2D eigenvalue weighted by molar-refractivity contribution is 0.102. The van der Waals surface area contributed by atoms with Crippen LogP contribution in [0.1, 0.15) is 41.3 Å². The van der Waals surface area contributed by atoms with Crippen LogP contribution in [0.2, 0.25) is 0 Å². The summed E-state index contributed by atoms with van der Waals surface area (Å²) in [4.78, 5) is 12.3. The molecule has 2 aromatic carbocycles. The third-order valence-corrected chi connectivity index (χ3v) is 3.87. The Morgan fingerprint density at radius 1 is 1.19 bits per heavy atom. The van der Waals surface area contributed by atoms with Crippen molar-refractivity contribution in [2.75, 3.05) is 11.1 Å². The highest BCUT2D eigenvalue weighted by Crippen LogP contribution is 2.28. The largest absolute Gasteiger partial charge is 0.397 e. The van der Waals surface area contributed by atoms with Gasteiger partial charge in [0.1, 0.15) is 0 Å². The van der Waals surface area contributed by atoms with Gasteiger partial charge in [-0.15, -0.1) is 0 Å². The quantitative estimate of drug-likeness (QED) is 0.790. The second kappa shape index (κ2) is 6.31. The van der Waals surface area contributed by atoms with Crippen molar-refractivity contribution < 1.29 is 4.79 Å². The van der Waals surface area contributed by atoms with Crippen molar-refractivity contribution in [2.45, 2.75) is 26.7 Å². The topological polar surface area (TPSA) is 55.1 Å². The normalized spacial score (nSPS) is 10.7. The maximum Gasteiger partial charge on any atom is 0.255 e. The Bertz CT molecular complexity index is 640. The standard InChI is InChI=1S/C17H19BrN2O/c1-10(2)12-4-6-13(7-5-12)17(21)20-16-11(3)8-14(18)9-15(16)19/h4-10H,19H2,1-3H3,(H,20,21). The number of nitrogens with two attached hydrogens (primary N) is 1. The van der Waals surface area contributed by atoms with Gasteiger partial charge in [0.2, 0.25) is 0 Å². The number of carbonyl (C=O) groups is 1. The van der Waals surface area contributed by atoms with Gasteiger partial charge in [-0.25, -0.2) is 0 Å². The summed E-state index contributed by atoms with van der Waals surface area (Å²) in [6, 6.07) is 11.4. The highest BCUT2D eigenvalue weighted by atomic mass is 79.9. The lowest BCUT2D eigenvalue weighted by Crippen LogP contribution is -2.14. The van der Waals surface area contributed by atoms with Crippen LogP contribution in [0.4, 0.5) is 11.4 Å². The van der Waals surface area contributed by atoms with E-state index in [0.29, 0.717) is 22.9 Å². The van der Waals surface area contributed by atoms with E-state index in [2.05, 4.69) is 35.1 Å². The summed E-state index contributed by atoms with van der Waals surface area (Å²) in [5.41, 5.74) is 9.95. The minimum atomic E-state index is -0.151. The summed E-state index contributed by atoms with van der Waals surface area (Å²) in [6.45, 7) is 6.17. The molecule has 0 unspecified atom stereocenters. The first-order chi connectivity index (χ1) is 9.88. The minimum Gasteiger partial charge on any atom is -0.397 e. The molecule has 4 heteroatoms. The average Bonchev–Trinajstić information content (AvgIpc) is 2.42. The second-order valence-electron chi connectivity index (χ2n) is 5.42. The van der Waals surface area contributed by atoms with E-state index in [1.807, 2.05) is 37.3 Å². The van der Waals surface area contributed by atoms with Crippen LogP contribution in [0.15, 0.2) is 40.9 Å². The van der Waals surface area contributed by atoms with Crippen molar-refractivity contribution in [3.05, 3.63) is 57.6 Å². The van der Waals surface area contributed by atoms with E-state index in [9.17, 15) is 4.79 Å². The molecule has 0 spiro atoms. The lowest BCUT2D eigenvalue weighted by Gasteiger charge is -2.12. The number of rotatable bonds is 3. The van der Waals surface area contributed by atoms with E-state index in [1.54, 1.807) is 6.07 Å². The number of halogens is 1. The van der Waals surface area contributed by atoms with Crippen molar-refractivity contribution in [1.82, 2.24) is 0 Å². The van der Waals surface area contributed by atoms with Crippen molar-refractivity contribution in [3.63, 3.8) is 0 Å². The Kier molecular flexibility index (Phi) is 4.68. The van der Waals surface area contributed by atoms with Gasteiger partial charge in [-0.3, -0.25) is 4.79 Å². The van der Waals surface area contributed by atoms with Crippen LogP contribution in [-0.4, -0.2) is 5.91 Å². The SMILES string of the molecule is Cc1cc(Br)cc(N)c1NC(=O)c1ccc(C(C)C)cc1. The summed E-state index contributed by atoms with van der Waals surface area (Å²) >= 11 is 3.39. The maximum atomic E-state index is 12.3. The summed E-state index contributed by atoms with van der Waals surface area (Å²) in [7, 11) is 0. The molecule has 0 aliphatic rings. The molecule has 0 aliphatic carbocycles. The Morgan fingerprint density at radius 3 is 2.33 bits per heavy atom. The van der Waals surface area contributed by atoms with Crippen LogP contribution in [-0.2, 0) is 0 Å². The molecule has 2 aromatic rings. The Balaban J connectivity index is 2.22. The number of anilines is 2. The van der Waals surface area contributed by atoms with E-state index in [-0.39, 0.29) is 5.91 Å². The Labute approximate surface area is 133 Å². The van der Waals surface area contributed by atoms with Gasteiger partial charge in [0.05, 0.1) is 11.4 Å². The second-order valence-corrected chi connectivity index (χ2v) is 6.33. The zero-order chi connectivity index (χ0) is 15.6. The summed E-state index contributed by atoms with van der Waals surface area (Å²) in [6.07, 6.45) is 0. The highest BCUT2D eigenvalue weighted by Gasteiger charge is 2.11. The van der Waals surface area contributed by atoms with Gasteiger partial charge in [-0.2, -0.15) is 0 Å². The molecule has 0 aromatic heterocycles. The molecular formula is C17H19BrN2O. The highest BCUT2D eigenvalue weighted by molar-refractivity contribution is 9.10. The van der Waals surface area contributed by atoms with E-state index >= 15 is 0 Å². The van der Waals surface area contributed by atoms with Crippen LogP contribution in [0.25, 0.3) is 0 Å². The number of carbonyl (C=O) groups excluding carboxylic acids is 1. The van der Waals surface area contributed by atoms with Crippen LogP contribution >= 0.6 is 15.9 Å². The molecule has 3 N–H and O–H groups in total. The lowest BCUT2D eigenvalue weighted by atomic mass is 10.0. The number of amides is 1. The van der Waals surface area contributed by atoms with Gasteiger partial charge in [-0.1, -0.05) is 41.9 Å². The summed E-state index contributed by atoms with van der Waals surface area (Å²) in [5.74, 6) is 0.300. The van der Waals surface area contributed by atoms with Crippen LogP contribution < -0.4 is 11.1 Å². The van der Waals surface area contributed by atoms with E-state index in [4.69, 9.17) is 5.73 Å². The first-order valence-corrected chi connectivity index (χ1v) is 7.64. The smallest absolute Gasteiger partial charge is 0.255 e. The van der Waals surface area contributed by atoms with Gasteiger partial charge in [0, 0.05) is 10.0 Å². The predicted octanol–water partition coefficient (Wildman–Crippen LogP) is 4.72. The third kappa shape index (κ3) is 3.64. The zero-order valence-corrected chi connectivity index (χ0v) is 14.0. The number of hydrogen-bond acceptors (Lipinski definition) is 2. The fraction of sp³-hybridized carbons (Fsp3) is 0.235. The minimum absolute atomic E-state index is 0.151. The van der Waals surface area contributed by atoms with Gasteiger partial charge in [-0.05, 0) is 48.2 Å². The first kappa shape index (κ1) is 15.6. The number of benzene rings is 2. The van der Waals surface area contributed by atoms with Gasteiger partial charge in [0.15, 0.2) is 0 Å². The van der Waals surface area contributed by atoms with Crippen molar-refractivity contribution >= 4 is 33.2 Å². The fourth-order valence-electron chi connectivity index (χ4n) is 2.14. The van der Waals surface area contributed by atoms with Crippen LogP contribution in [0.3, 0.4) is 0 Å². The molecule has 110 valence electrons. The molecular weight excluding hydrogens is 328 g/mol. The molecule has 0 aliphatic heterocycles. The molecule has 0 radical (unpaired) electrons. The maximum absolute atomic E-state index is 12.3. The summed E-state index contributed by atoms with van der Waals surface area (Å²) in [5, 5.41) is 2.89. The first-order valence-electron chi connectivity index (χ1n) is 6.85. The van der Waals surface area contributed by atoms with Crippen molar-refractivity contribution in [1.29, 1.82) is 0 Å². The molecule has 0 saturated carbocycles. The summed E-state index contributed by atoms with van der Waals surface area (Å²) < 4.78 is 0.900. The Morgan fingerprint density at radius 2 is 1.81 bits per heavy atom. The van der Waals surface area contributed by atoms with E-state index in [1.165, 1.54) is 5.56 Å². The van der Waals surface area contributed by atoms with Crippen molar-refractivity contribution in [2.24, 2.45) is 0 Å². The van der Waals surface area contributed by atoms with E-state index < -0.39 is 0 Å². The number of nitrogens with one attached hydrogen (secondary N) is 1. The molecule has 3 nitrogen and oxygen atoms in total. The molecule has 21 heavy (non-hydrogen) atoms. The number of hydrogen-bond donors (Lipinski definition) is 2.